The Labute approximate surface area is 63.4 Å². The van der Waals surface area contributed by atoms with Gasteiger partial charge in [0, 0.05) is 12.0 Å². The molecule has 0 heterocycles. The molecule has 0 amide bonds. The Kier molecular flexibility index (Phi) is 2.15. The summed E-state index contributed by atoms with van der Waals surface area (Å²) in [5, 5.41) is 10.1. The van der Waals surface area contributed by atoms with E-state index in [2.05, 4.69) is 0 Å². The third-order valence-corrected chi connectivity index (χ3v) is 1.50. The molecule has 0 bridgehead atoms. The van der Waals surface area contributed by atoms with Crippen LogP contribution in [0.15, 0.2) is 23.9 Å². The third kappa shape index (κ3) is 1.73. The number of nitrogens with zero attached hydrogens (tertiary/aromatic N) is 1. The summed E-state index contributed by atoms with van der Waals surface area (Å²) >= 11 is 0. The number of hydrogen-bond donors (Lipinski definition) is 0. The summed E-state index contributed by atoms with van der Waals surface area (Å²) in [6.45, 7) is 0. The summed E-state index contributed by atoms with van der Waals surface area (Å²) in [7, 11) is 0. The van der Waals surface area contributed by atoms with E-state index in [1.807, 2.05) is 0 Å². The number of allylic oxidation sites excluding steroid dienone is 3. The van der Waals surface area contributed by atoms with Gasteiger partial charge in [-0.1, -0.05) is 6.08 Å². The molecule has 0 aliphatic heterocycles. The lowest BCUT2D eigenvalue weighted by Crippen LogP contribution is -2.05. The molecule has 0 saturated carbocycles. The minimum absolute atomic E-state index is 0.0723. The molecular weight excluding hydrogens is 146 g/mol. The first-order valence-electron chi connectivity index (χ1n) is 3.22. The van der Waals surface area contributed by atoms with Crippen molar-refractivity contribution in [1.29, 1.82) is 0 Å². The SMILES string of the molecule is O=CC1C=CC([N+](=O)[O-])=CC1. The largest absolute Gasteiger partial charge is 0.303 e. The van der Waals surface area contributed by atoms with Gasteiger partial charge in [-0.25, -0.2) is 0 Å². The fourth-order valence-electron chi connectivity index (χ4n) is 0.862. The van der Waals surface area contributed by atoms with Crippen LogP contribution in [0.25, 0.3) is 0 Å². The molecule has 0 radical (unpaired) electrons. The van der Waals surface area contributed by atoms with E-state index < -0.39 is 4.92 Å². The first-order chi connectivity index (χ1) is 5.24. The lowest BCUT2D eigenvalue weighted by Gasteiger charge is -2.03. The summed E-state index contributed by atoms with van der Waals surface area (Å²) in [4.78, 5) is 19.9. The molecule has 0 aromatic carbocycles. The maximum Gasteiger partial charge on any atom is 0.265 e. The molecular formula is C7H7NO3. The molecule has 0 aromatic rings. The zero-order valence-corrected chi connectivity index (χ0v) is 5.77. The van der Waals surface area contributed by atoms with Crippen LogP contribution in [-0.4, -0.2) is 11.2 Å². The molecule has 4 nitrogen and oxygen atoms in total. The third-order valence-electron chi connectivity index (χ3n) is 1.50. The molecule has 0 fully saturated rings. The second-order valence-corrected chi connectivity index (χ2v) is 2.28. The van der Waals surface area contributed by atoms with E-state index in [4.69, 9.17) is 0 Å². The summed E-state index contributed by atoms with van der Waals surface area (Å²) in [5.74, 6) is -0.182. The Bertz CT molecular complexity index is 242. The number of nitro groups is 1. The van der Waals surface area contributed by atoms with Gasteiger partial charge in [0.1, 0.15) is 6.29 Å². The van der Waals surface area contributed by atoms with Gasteiger partial charge in [-0.15, -0.1) is 0 Å². The highest BCUT2D eigenvalue weighted by Gasteiger charge is 2.13. The van der Waals surface area contributed by atoms with E-state index in [1.54, 1.807) is 6.08 Å². The summed E-state index contributed by atoms with van der Waals surface area (Å²) in [5.41, 5.74) is 0.0723. The molecule has 58 valence electrons. The van der Waals surface area contributed by atoms with Crippen LogP contribution in [-0.2, 0) is 4.79 Å². The molecule has 1 unspecified atom stereocenters. The van der Waals surface area contributed by atoms with E-state index in [1.165, 1.54) is 12.2 Å². The first kappa shape index (κ1) is 7.65. The smallest absolute Gasteiger partial charge is 0.265 e. The zero-order chi connectivity index (χ0) is 8.27. The van der Waals surface area contributed by atoms with Crippen molar-refractivity contribution in [1.82, 2.24) is 0 Å². The quantitative estimate of drug-likeness (QED) is 0.336. The normalized spacial score (nSPS) is 22.5. The van der Waals surface area contributed by atoms with Crippen molar-refractivity contribution >= 4 is 6.29 Å². The number of aldehydes is 1. The zero-order valence-electron chi connectivity index (χ0n) is 5.77. The van der Waals surface area contributed by atoms with Crippen LogP contribution < -0.4 is 0 Å². The van der Waals surface area contributed by atoms with Crippen LogP contribution >= 0.6 is 0 Å². The van der Waals surface area contributed by atoms with Gasteiger partial charge < -0.3 is 4.79 Å². The molecule has 0 aromatic heterocycles. The average Bonchev–Trinajstić information content (AvgIpc) is 2.05. The maximum absolute atomic E-state index is 10.2. The molecule has 1 aliphatic rings. The standard InChI is InChI=1S/C7H7NO3/c9-5-6-1-3-7(4-2-6)8(10)11/h1,3-6H,2H2. The highest BCUT2D eigenvalue weighted by atomic mass is 16.6. The number of hydrogen-bond acceptors (Lipinski definition) is 3. The van der Waals surface area contributed by atoms with Gasteiger partial charge in [0.05, 0.1) is 4.92 Å². The number of carbonyl (C=O) groups is 1. The highest BCUT2D eigenvalue weighted by Crippen LogP contribution is 2.14. The minimum atomic E-state index is -0.461. The Balaban J connectivity index is 2.66. The molecule has 1 rings (SSSR count). The second-order valence-electron chi connectivity index (χ2n) is 2.28. The summed E-state index contributed by atoms with van der Waals surface area (Å²) < 4.78 is 0. The maximum atomic E-state index is 10.2. The molecule has 4 heteroatoms. The van der Waals surface area contributed by atoms with Crippen LogP contribution in [0.3, 0.4) is 0 Å². The van der Waals surface area contributed by atoms with Crippen molar-refractivity contribution in [3.63, 3.8) is 0 Å². The summed E-state index contributed by atoms with van der Waals surface area (Å²) in [6, 6.07) is 0. The van der Waals surface area contributed by atoms with Crippen molar-refractivity contribution < 1.29 is 9.72 Å². The van der Waals surface area contributed by atoms with Crippen molar-refractivity contribution in [3.05, 3.63) is 34.0 Å². The van der Waals surface area contributed by atoms with Gasteiger partial charge in [0.25, 0.3) is 5.70 Å². The van der Waals surface area contributed by atoms with Gasteiger partial charge in [-0.3, -0.25) is 10.1 Å². The number of rotatable bonds is 2. The highest BCUT2D eigenvalue weighted by molar-refractivity contribution is 5.58. The Morgan fingerprint density at radius 3 is 2.82 bits per heavy atom. The molecule has 11 heavy (non-hydrogen) atoms. The van der Waals surface area contributed by atoms with Crippen LogP contribution in [0.4, 0.5) is 0 Å². The fourth-order valence-corrected chi connectivity index (χ4v) is 0.862. The first-order valence-corrected chi connectivity index (χ1v) is 3.22. The van der Waals surface area contributed by atoms with Gasteiger partial charge in [0.15, 0.2) is 0 Å². The predicted molar refractivity (Wildman–Crippen MR) is 38.4 cm³/mol. The molecule has 0 saturated heterocycles. The fraction of sp³-hybridized carbons (Fsp3) is 0.286. The van der Waals surface area contributed by atoms with Gasteiger partial charge in [-0.2, -0.15) is 0 Å². The monoisotopic (exact) mass is 153 g/mol. The van der Waals surface area contributed by atoms with E-state index in [0.29, 0.717) is 6.42 Å². The van der Waals surface area contributed by atoms with E-state index in [-0.39, 0.29) is 11.6 Å². The predicted octanol–water partition coefficient (Wildman–Crippen LogP) is 0.922. The van der Waals surface area contributed by atoms with Crippen molar-refractivity contribution in [3.8, 4) is 0 Å². The van der Waals surface area contributed by atoms with E-state index in [9.17, 15) is 14.9 Å². The lowest BCUT2D eigenvalue weighted by molar-refractivity contribution is -0.419. The van der Waals surface area contributed by atoms with E-state index in [0.717, 1.165) is 6.29 Å². The molecule has 1 atom stereocenters. The minimum Gasteiger partial charge on any atom is -0.303 e. The summed E-state index contributed by atoms with van der Waals surface area (Å²) in [6.07, 6.45) is 5.59. The topological polar surface area (TPSA) is 60.2 Å². The van der Waals surface area contributed by atoms with Gasteiger partial charge in [0.2, 0.25) is 0 Å². The van der Waals surface area contributed by atoms with Crippen LogP contribution in [0.1, 0.15) is 6.42 Å². The molecule has 0 spiro atoms. The Hall–Kier alpha value is -1.45. The Morgan fingerprint density at radius 1 is 1.73 bits per heavy atom. The molecule has 1 aliphatic carbocycles. The average molecular weight is 153 g/mol. The number of carbonyl (C=O) groups excluding carboxylic acids is 1. The van der Waals surface area contributed by atoms with E-state index >= 15 is 0 Å². The van der Waals surface area contributed by atoms with Crippen LogP contribution in [0, 0.1) is 16.0 Å². The lowest BCUT2D eigenvalue weighted by atomic mass is 10.0. The van der Waals surface area contributed by atoms with Crippen molar-refractivity contribution in [2.75, 3.05) is 0 Å². The van der Waals surface area contributed by atoms with Crippen LogP contribution in [0.2, 0.25) is 0 Å². The van der Waals surface area contributed by atoms with Crippen molar-refractivity contribution in [2.24, 2.45) is 5.92 Å². The van der Waals surface area contributed by atoms with Gasteiger partial charge in [-0.05, 0) is 12.5 Å². The molecule has 0 N–H and O–H groups in total. The van der Waals surface area contributed by atoms with Gasteiger partial charge >= 0.3 is 0 Å². The second kappa shape index (κ2) is 3.09. The Morgan fingerprint density at radius 2 is 2.45 bits per heavy atom. The van der Waals surface area contributed by atoms with Crippen LogP contribution in [0.5, 0.6) is 0 Å². The van der Waals surface area contributed by atoms with Crippen molar-refractivity contribution in [2.45, 2.75) is 6.42 Å².